The molecule has 1 saturated heterocycles. The average Bonchev–Trinajstić information content (AvgIpc) is 2.01. The maximum Gasteiger partial charge on any atom is 0.160 e. The number of nitrogens with one attached hydrogen (secondary N) is 1. The van der Waals surface area contributed by atoms with Crippen molar-refractivity contribution in [2.75, 3.05) is 13.7 Å². The second kappa shape index (κ2) is 3.26. The van der Waals surface area contributed by atoms with E-state index in [1.54, 1.807) is 19.2 Å². The van der Waals surface area contributed by atoms with Crippen molar-refractivity contribution in [2.24, 2.45) is 0 Å². The summed E-state index contributed by atoms with van der Waals surface area (Å²) in [4.78, 5) is 0. The molecule has 1 aliphatic heterocycles. The molecule has 1 unspecified atom stereocenters. The van der Waals surface area contributed by atoms with E-state index in [1.807, 2.05) is 6.07 Å². The molecule has 1 heterocycles. The number of phenolic OH excluding ortho intramolecular Hbond substituents is 1. The van der Waals surface area contributed by atoms with Crippen molar-refractivity contribution in [2.45, 2.75) is 12.5 Å². The van der Waals surface area contributed by atoms with Crippen LogP contribution in [0.2, 0.25) is 0 Å². The third-order valence-corrected chi connectivity index (χ3v) is 2.43. The predicted molar refractivity (Wildman–Crippen MR) is 50.0 cm³/mol. The smallest absolute Gasteiger partial charge is 0.160 e. The Labute approximate surface area is 77.3 Å². The largest absolute Gasteiger partial charge is 0.504 e. The molecule has 1 aliphatic rings. The van der Waals surface area contributed by atoms with Gasteiger partial charge in [0.2, 0.25) is 0 Å². The van der Waals surface area contributed by atoms with Crippen molar-refractivity contribution in [1.82, 2.24) is 5.32 Å². The Morgan fingerprint density at radius 2 is 2.31 bits per heavy atom. The Hall–Kier alpha value is -1.22. The van der Waals surface area contributed by atoms with Crippen LogP contribution in [0.3, 0.4) is 0 Å². The normalized spacial score (nSPS) is 20.8. The summed E-state index contributed by atoms with van der Waals surface area (Å²) in [5, 5.41) is 12.8. The Balaban J connectivity index is 2.24. The highest BCUT2D eigenvalue weighted by molar-refractivity contribution is 5.42. The number of hydrogen-bond donors (Lipinski definition) is 2. The van der Waals surface area contributed by atoms with Gasteiger partial charge in [-0.15, -0.1) is 0 Å². The van der Waals surface area contributed by atoms with Crippen LogP contribution in [0.5, 0.6) is 11.5 Å². The lowest BCUT2D eigenvalue weighted by Crippen LogP contribution is -2.34. The van der Waals surface area contributed by atoms with Gasteiger partial charge in [0.05, 0.1) is 7.11 Å². The minimum Gasteiger partial charge on any atom is -0.504 e. The van der Waals surface area contributed by atoms with Crippen LogP contribution >= 0.6 is 0 Å². The van der Waals surface area contributed by atoms with Crippen molar-refractivity contribution in [3.05, 3.63) is 23.8 Å². The first-order valence-corrected chi connectivity index (χ1v) is 4.41. The summed E-state index contributed by atoms with van der Waals surface area (Å²) in [6.45, 7) is 1.07. The van der Waals surface area contributed by atoms with E-state index in [4.69, 9.17) is 4.74 Å². The fourth-order valence-corrected chi connectivity index (χ4v) is 1.50. The molecule has 1 fully saturated rings. The third-order valence-electron chi connectivity index (χ3n) is 2.43. The maximum absolute atomic E-state index is 9.51. The highest BCUT2D eigenvalue weighted by Gasteiger charge is 2.19. The predicted octanol–water partition coefficient (Wildman–Crippen LogP) is 1.44. The zero-order valence-electron chi connectivity index (χ0n) is 7.58. The summed E-state index contributed by atoms with van der Waals surface area (Å²) in [6.07, 6.45) is 1.14. The highest BCUT2D eigenvalue weighted by Crippen LogP contribution is 2.31. The molecule has 0 saturated carbocycles. The molecular weight excluding hydrogens is 166 g/mol. The second-order valence-electron chi connectivity index (χ2n) is 3.23. The molecule has 0 bridgehead atoms. The number of phenols is 1. The van der Waals surface area contributed by atoms with Gasteiger partial charge in [0.25, 0.3) is 0 Å². The lowest BCUT2D eigenvalue weighted by Gasteiger charge is -2.28. The fourth-order valence-electron chi connectivity index (χ4n) is 1.50. The zero-order valence-corrected chi connectivity index (χ0v) is 7.58. The van der Waals surface area contributed by atoms with E-state index < -0.39 is 0 Å². The van der Waals surface area contributed by atoms with Crippen LogP contribution in [0.4, 0.5) is 0 Å². The van der Waals surface area contributed by atoms with Crippen LogP contribution in [-0.4, -0.2) is 18.8 Å². The van der Waals surface area contributed by atoms with E-state index in [-0.39, 0.29) is 5.75 Å². The Kier molecular flexibility index (Phi) is 2.10. The molecule has 1 aromatic rings. The Bertz CT molecular complexity index is 308. The molecule has 70 valence electrons. The van der Waals surface area contributed by atoms with E-state index in [1.165, 1.54) is 0 Å². The minimum atomic E-state index is 0.216. The molecule has 3 heteroatoms. The van der Waals surface area contributed by atoms with Gasteiger partial charge >= 0.3 is 0 Å². The number of benzene rings is 1. The average molecular weight is 179 g/mol. The molecule has 2 rings (SSSR count). The Morgan fingerprint density at radius 3 is 2.77 bits per heavy atom. The van der Waals surface area contributed by atoms with Crippen LogP contribution in [0.15, 0.2) is 18.2 Å². The molecule has 1 atom stereocenters. The van der Waals surface area contributed by atoms with Crippen molar-refractivity contribution >= 4 is 0 Å². The Morgan fingerprint density at radius 1 is 1.54 bits per heavy atom. The lowest BCUT2D eigenvalue weighted by atomic mass is 9.98. The lowest BCUT2D eigenvalue weighted by molar-refractivity contribution is 0.363. The van der Waals surface area contributed by atoms with Crippen molar-refractivity contribution in [3.8, 4) is 11.5 Å². The minimum absolute atomic E-state index is 0.216. The topological polar surface area (TPSA) is 41.5 Å². The molecule has 0 amide bonds. The van der Waals surface area contributed by atoms with Crippen molar-refractivity contribution < 1.29 is 9.84 Å². The van der Waals surface area contributed by atoms with E-state index in [0.29, 0.717) is 11.8 Å². The summed E-state index contributed by atoms with van der Waals surface area (Å²) in [7, 11) is 1.55. The zero-order chi connectivity index (χ0) is 9.26. The summed E-state index contributed by atoms with van der Waals surface area (Å²) in [6, 6.07) is 5.95. The first kappa shape index (κ1) is 8.38. The molecular formula is C10H13NO2. The number of hydrogen-bond acceptors (Lipinski definition) is 3. The second-order valence-corrected chi connectivity index (χ2v) is 3.23. The molecule has 0 radical (unpaired) electrons. The maximum atomic E-state index is 9.51. The number of methoxy groups -OCH3 is 1. The SMILES string of the molecule is COc1ccc(C2CCN2)cc1O. The number of aromatic hydroxyl groups is 1. The van der Waals surface area contributed by atoms with Gasteiger partial charge in [0, 0.05) is 6.04 Å². The van der Waals surface area contributed by atoms with Gasteiger partial charge in [-0.05, 0) is 30.7 Å². The van der Waals surface area contributed by atoms with Gasteiger partial charge in [-0.2, -0.15) is 0 Å². The fraction of sp³-hybridized carbons (Fsp3) is 0.400. The third kappa shape index (κ3) is 1.47. The number of rotatable bonds is 2. The first-order chi connectivity index (χ1) is 6.31. The van der Waals surface area contributed by atoms with Crippen LogP contribution in [0.25, 0.3) is 0 Å². The molecule has 2 N–H and O–H groups in total. The van der Waals surface area contributed by atoms with Gasteiger partial charge in [-0.3, -0.25) is 0 Å². The molecule has 0 spiro atoms. The van der Waals surface area contributed by atoms with Gasteiger partial charge < -0.3 is 15.2 Å². The van der Waals surface area contributed by atoms with Gasteiger partial charge in [0.15, 0.2) is 11.5 Å². The van der Waals surface area contributed by atoms with Crippen LogP contribution in [-0.2, 0) is 0 Å². The quantitative estimate of drug-likeness (QED) is 0.721. The summed E-state index contributed by atoms with van der Waals surface area (Å²) < 4.78 is 4.96. The molecule has 0 aliphatic carbocycles. The van der Waals surface area contributed by atoms with Gasteiger partial charge in [-0.25, -0.2) is 0 Å². The molecule has 13 heavy (non-hydrogen) atoms. The van der Waals surface area contributed by atoms with E-state index in [0.717, 1.165) is 18.5 Å². The van der Waals surface area contributed by atoms with Crippen LogP contribution < -0.4 is 10.1 Å². The monoisotopic (exact) mass is 179 g/mol. The summed E-state index contributed by atoms with van der Waals surface area (Å²) in [5.74, 6) is 0.747. The summed E-state index contributed by atoms with van der Waals surface area (Å²) in [5.41, 5.74) is 1.13. The van der Waals surface area contributed by atoms with E-state index in [9.17, 15) is 5.11 Å². The molecule has 0 aromatic heterocycles. The van der Waals surface area contributed by atoms with Crippen molar-refractivity contribution in [3.63, 3.8) is 0 Å². The van der Waals surface area contributed by atoms with Gasteiger partial charge in [-0.1, -0.05) is 6.07 Å². The summed E-state index contributed by atoms with van der Waals surface area (Å²) >= 11 is 0. The first-order valence-electron chi connectivity index (χ1n) is 4.41. The van der Waals surface area contributed by atoms with Gasteiger partial charge in [0.1, 0.15) is 0 Å². The number of ether oxygens (including phenoxy) is 1. The molecule has 3 nitrogen and oxygen atoms in total. The standard InChI is InChI=1S/C10H13NO2/c1-13-10-3-2-7(6-9(10)12)8-4-5-11-8/h2-3,6,8,11-12H,4-5H2,1H3. The van der Waals surface area contributed by atoms with Crippen LogP contribution in [0, 0.1) is 0 Å². The van der Waals surface area contributed by atoms with E-state index >= 15 is 0 Å². The van der Waals surface area contributed by atoms with Crippen LogP contribution in [0.1, 0.15) is 18.0 Å². The highest BCUT2D eigenvalue weighted by atomic mass is 16.5. The van der Waals surface area contributed by atoms with Crippen molar-refractivity contribution in [1.29, 1.82) is 0 Å². The molecule has 1 aromatic carbocycles. The van der Waals surface area contributed by atoms with E-state index in [2.05, 4.69) is 5.32 Å².